The lowest BCUT2D eigenvalue weighted by Crippen LogP contribution is -2.33. The summed E-state index contributed by atoms with van der Waals surface area (Å²) >= 11 is 3.24. The van der Waals surface area contributed by atoms with Crippen molar-refractivity contribution in [3.8, 4) is 0 Å². The molecule has 2 unspecified atom stereocenters. The highest BCUT2D eigenvalue weighted by Gasteiger charge is 2.25. The lowest BCUT2D eigenvalue weighted by molar-refractivity contribution is -0.140. The van der Waals surface area contributed by atoms with E-state index in [1.54, 1.807) is 24.4 Å². The summed E-state index contributed by atoms with van der Waals surface area (Å²) in [4.78, 5) is 26.5. The van der Waals surface area contributed by atoms with Crippen molar-refractivity contribution < 1.29 is 14.7 Å². The summed E-state index contributed by atoms with van der Waals surface area (Å²) < 4.78 is 0.723. The molecule has 5 nitrogen and oxygen atoms in total. The Labute approximate surface area is 112 Å². The molecule has 1 aromatic rings. The largest absolute Gasteiger partial charge is 0.481 e. The van der Waals surface area contributed by atoms with Gasteiger partial charge >= 0.3 is 5.97 Å². The molecule has 1 aliphatic rings. The second-order valence-electron chi connectivity index (χ2n) is 4.04. The molecule has 6 heteroatoms. The van der Waals surface area contributed by atoms with Gasteiger partial charge in [0.25, 0.3) is 5.91 Å². The molecule has 0 bridgehead atoms. The van der Waals surface area contributed by atoms with Gasteiger partial charge in [0.15, 0.2) is 0 Å². The van der Waals surface area contributed by atoms with Gasteiger partial charge < -0.3 is 10.4 Å². The van der Waals surface area contributed by atoms with Crippen LogP contribution in [0.4, 0.5) is 0 Å². The van der Waals surface area contributed by atoms with Gasteiger partial charge in [-0.2, -0.15) is 0 Å². The topological polar surface area (TPSA) is 79.3 Å². The molecular weight excluding hydrogens is 300 g/mol. The molecule has 0 fully saturated rings. The minimum absolute atomic E-state index is 0.238. The van der Waals surface area contributed by atoms with E-state index < -0.39 is 11.9 Å². The number of hydrogen-bond acceptors (Lipinski definition) is 3. The third-order valence-electron chi connectivity index (χ3n) is 2.68. The van der Waals surface area contributed by atoms with Gasteiger partial charge in [-0.15, -0.1) is 0 Å². The first-order valence-corrected chi connectivity index (χ1v) is 6.18. The lowest BCUT2D eigenvalue weighted by Gasteiger charge is -2.12. The van der Waals surface area contributed by atoms with Crippen LogP contribution in [0.15, 0.2) is 35.1 Å². The number of hydrogen-bond donors (Lipinski definition) is 2. The van der Waals surface area contributed by atoms with E-state index in [2.05, 4.69) is 26.2 Å². The number of amides is 1. The number of nitrogens with one attached hydrogen (secondary N) is 1. The molecule has 2 atom stereocenters. The molecule has 0 saturated carbocycles. The van der Waals surface area contributed by atoms with Crippen LogP contribution >= 0.6 is 15.9 Å². The predicted molar refractivity (Wildman–Crippen MR) is 68.1 cm³/mol. The van der Waals surface area contributed by atoms with Crippen LogP contribution in [0.1, 0.15) is 16.8 Å². The van der Waals surface area contributed by atoms with Gasteiger partial charge in [-0.1, -0.05) is 12.2 Å². The molecule has 0 saturated heterocycles. The van der Waals surface area contributed by atoms with E-state index in [0.29, 0.717) is 12.0 Å². The van der Waals surface area contributed by atoms with Crippen LogP contribution in [0.25, 0.3) is 0 Å². The molecule has 2 rings (SSSR count). The molecule has 94 valence electrons. The van der Waals surface area contributed by atoms with E-state index >= 15 is 0 Å². The zero-order chi connectivity index (χ0) is 13.1. The van der Waals surface area contributed by atoms with Crippen molar-refractivity contribution >= 4 is 27.8 Å². The molecule has 0 aromatic carbocycles. The van der Waals surface area contributed by atoms with Crippen LogP contribution < -0.4 is 5.32 Å². The summed E-state index contributed by atoms with van der Waals surface area (Å²) in [5.74, 6) is -1.65. The fraction of sp³-hybridized carbons (Fsp3) is 0.250. The SMILES string of the molecule is O=C(NC1C=CC(C(=O)O)C1)c1cncc(Br)c1. The van der Waals surface area contributed by atoms with Crippen molar-refractivity contribution in [1.29, 1.82) is 0 Å². The molecule has 0 aliphatic heterocycles. The van der Waals surface area contributed by atoms with E-state index in [1.165, 1.54) is 6.20 Å². The smallest absolute Gasteiger partial charge is 0.310 e. The number of halogens is 1. The Kier molecular flexibility index (Phi) is 3.76. The third-order valence-corrected chi connectivity index (χ3v) is 3.12. The Bertz CT molecular complexity index is 516. The Morgan fingerprint density at radius 2 is 2.17 bits per heavy atom. The predicted octanol–water partition coefficient (Wildman–Crippen LogP) is 1.60. The maximum Gasteiger partial charge on any atom is 0.310 e. The molecule has 1 heterocycles. The summed E-state index contributed by atoms with van der Waals surface area (Å²) in [6.07, 6.45) is 6.76. The number of carbonyl (C=O) groups excluding carboxylic acids is 1. The summed E-state index contributed by atoms with van der Waals surface area (Å²) in [7, 11) is 0. The number of nitrogens with zero attached hydrogens (tertiary/aromatic N) is 1. The molecule has 2 N–H and O–H groups in total. The Morgan fingerprint density at radius 1 is 1.39 bits per heavy atom. The summed E-state index contributed by atoms with van der Waals surface area (Å²) in [6, 6.07) is 1.42. The monoisotopic (exact) mass is 310 g/mol. The average Bonchev–Trinajstić information content (AvgIpc) is 2.77. The van der Waals surface area contributed by atoms with E-state index in [4.69, 9.17) is 5.11 Å². The van der Waals surface area contributed by atoms with Crippen molar-refractivity contribution in [2.24, 2.45) is 5.92 Å². The summed E-state index contributed by atoms with van der Waals surface area (Å²) in [6.45, 7) is 0. The van der Waals surface area contributed by atoms with Gasteiger partial charge in [0.05, 0.1) is 11.5 Å². The first-order valence-electron chi connectivity index (χ1n) is 5.39. The maximum absolute atomic E-state index is 11.9. The molecular formula is C12H11BrN2O3. The van der Waals surface area contributed by atoms with E-state index in [9.17, 15) is 9.59 Å². The van der Waals surface area contributed by atoms with E-state index in [1.807, 2.05) is 0 Å². The Hall–Kier alpha value is -1.69. The summed E-state index contributed by atoms with van der Waals surface area (Å²) in [5.41, 5.74) is 0.441. The number of carbonyl (C=O) groups is 2. The van der Waals surface area contributed by atoms with Crippen molar-refractivity contribution in [2.75, 3.05) is 0 Å². The zero-order valence-electron chi connectivity index (χ0n) is 9.34. The van der Waals surface area contributed by atoms with Crippen LogP contribution in [0.2, 0.25) is 0 Å². The van der Waals surface area contributed by atoms with E-state index in [0.717, 1.165) is 4.47 Å². The van der Waals surface area contributed by atoms with Gasteiger partial charge in [0.1, 0.15) is 0 Å². The lowest BCUT2D eigenvalue weighted by atomic mass is 10.1. The molecule has 1 aliphatic carbocycles. The minimum Gasteiger partial charge on any atom is -0.481 e. The number of rotatable bonds is 3. The highest BCUT2D eigenvalue weighted by Crippen LogP contribution is 2.18. The Morgan fingerprint density at radius 3 is 2.78 bits per heavy atom. The minimum atomic E-state index is -0.868. The molecule has 0 radical (unpaired) electrons. The highest BCUT2D eigenvalue weighted by molar-refractivity contribution is 9.10. The Balaban J connectivity index is 1.97. The fourth-order valence-electron chi connectivity index (χ4n) is 1.78. The van der Waals surface area contributed by atoms with Crippen molar-refractivity contribution in [2.45, 2.75) is 12.5 Å². The highest BCUT2D eigenvalue weighted by atomic mass is 79.9. The van der Waals surface area contributed by atoms with Crippen LogP contribution in [-0.2, 0) is 4.79 Å². The van der Waals surface area contributed by atoms with Crippen molar-refractivity contribution in [3.05, 3.63) is 40.6 Å². The maximum atomic E-state index is 11.9. The van der Waals surface area contributed by atoms with Gasteiger partial charge in [-0.25, -0.2) is 0 Å². The first-order chi connectivity index (χ1) is 8.56. The van der Waals surface area contributed by atoms with Crippen molar-refractivity contribution in [1.82, 2.24) is 10.3 Å². The number of carboxylic acids is 1. The third kappa shape index (κ3) is 2.95. The number of aromatic nitrogens is 1. The van der Waals surface area contributed by atoms with Crippen molar-refractivity contribution in [3.63, 3.8) is 0 Å². The van der Waals surface area contributed by atoms with E-state index in [-0.39, 0.29) is 11.9 Å². The van der Waals surface area contributed by atoms with Crippen LogP contribution in [0.5, 0.6) is 0 Å². The second-order valence-corrected chi connectivity index (χ2v) is 4.95. The molecule has 1 amide bonds. The number of pyridine rings is 1. The van der Waals surface area contributed by atoms with Gasteiger partial charge in [-0.05, 0) is 28.4 Å². The van der Waals surface area contributed by atoms with Gasteiger partial charge in [-0.3, -0.25) is 14.6 Å². The molecule has 0 spiro atoms. The number of carboxylic acid groups (broad SMARTS) is 1. The normalized spacial score (nSPS) is 21.8. The first kappa shape index (κ1) is 12.8. The second kappa shape index (κ2) is 5.30. The fourth-order valence-corrected chi connectivity index (χ4v) is 2.14. The standard InChI is InChI=1S/C12H11BrN2O3/c13-9-3-8(5-14-6-9)11(16)15-10-2-1-7(4-10)12(17)18/h1-3,5-7,10H,4H2,(H,15,16)(H,17,18). The molecule has 1 aromatic heterocycles. The summed E-state index contributed by atoms with van der Waals surface area (Å²) in [5, 5.41) is 11.6. The van der Waals surface area contributed by atoms with Crippen LogP contribution in [-0.4, -0.2) is 28.0 Å². The van der Waals surface area contributed by atoms with Gasteiger partial charge in [0.2, 0.25) is 0 Å². The molecule has 18 heavy (non-hydrogen) atoms. The van der Waals surface area contributed by atoms with Gasteiger partial charge in [0, 0.05) is 22.9 Å². The van der Waals surface area contributed by atoms with Crippen LogP contribution in [0.3, 0.4) is 0 Å². The quantitative estimate of drug-likeness (QED) is 0.831. The van der Waals surface area contributed by atoms with Crippen LogP contribution in [0, 0.1) is 5.92 Å². The average molecular weight is 311 g/mol. The zero-order valence-corrected chi connectivity index (χ0v) is 10.9. The number of aliphatic carboxylic acids is 1.